The predicted molar refractivity (Wildman–Crippen MR) is 46.1 cm³/mol. The van der Waals surface area contributed by atoms with Crippen LogP contribution in [-0.4, -0.2) is 21.0 Å². The van der Waals surface area contributed by atoms with E-state index < -0.39 is 5.97 Å². The van der Waals surface area contributed by atoms with E-state index in [2.05, 4.69) is 25.9 Å². The lowest BCUT2D eigenvalue weighted by Gasteiger charge is -1.98. The predicted octanol–water partition coefficient (Wildman–Crippen LogP) is 1.50. The third kappa shape index (κ3) is 2.01. The number of carbonyl (C=O) groups is 1. The molecule has 1 aromatic rings. The fraction of sp³-hybridized carbons (Fsp3) is 0.286. The Hall–Kier alpha value is -0.970. The summed E-state index contributed by atoms with van der Waals surface area (Å²) < 4.78 is 0.506. The SMILES string of the molecule is CCc1nc(Br)cc(C(=O)O)n1. The normalized spacial score (nSPS) is 9.83. The van der Waals surface area contributed by atoms with Crippen LogP contribution in [0, 0.1) is 0 Å². The average Bonchev–Trinajstić information content (AvgIpc) is 2.03. The van der Waals surface area contributed by atoms with Crippen LogP contribution in [0.2, 0.25) is 0 Å². The molecule has 0 aliphatic rings. The van der Waals surface area contributed by atoms with Crippen LogP contribution in [0.3, 0.4) is 0 Å². The fourth-order valence-electron chi connectivity index (χ4n) is 0.732. The second kappa shape index (κ2) is 3.62. The largest absolute Gasteiger partial charge is 0.477 e. The summed E-state index contributed by atoms with van der Waals surface area (Å²) >= 11 is 3.11. The molecule has 4 nitrogen and oxygen atoms in total. The molecule has 0 radical (unpaired) electrons. The lowest BCUT2D eigenvalue weighted by Crippen LogP contribution is -2.04. The summed E-state index contributed by atoms with van der Waals surface area (Å²) in [6, 6.07) is 1.38. The molecular weight excluding hydrogens is 224 g/mol. The summed E-state index contributed by atoms with van der Waals surface area (Å²) in [6.07, 6.45) is 0.625. The lowest BCUT2D eigenvalue weighted by molar-refractivity contribution is 0.0689. The highest BCUT2D eigenvalue weighted by Crippen LogP contribution is 2.08. The summed E-state index contributed by atoms with van der Waals surface area (Å²) in [6.45, 7) is 1.87. The molecule has 0 bridgehead atoms. The van der Waals surface area contributed by atoms with Crippen molar-refractivity contribution < 1.29 is 9.90 Å². The van der Waals surface area contributed by atoms with E-state index in [4.69, 9.17) is 5.11 Å². The van der Waals surface area contributed by atoms with E-state index in [1.54, 1.807) is 0 Å². The molecule has 1 heterocycles. The highest BCUT2D eigenvalue weighted by Gasteiger charge is 2.07. The van der Waals surface area contributed by atoms with Crippen molar-refractivity contribution >= 4 is 21.9 Å². The molecule has 1 rings (SSSR count). The minimum absolute atomic E-state index is 0.0220. The van der Waals surface area contributed by atoms with Crippen molar-refractivity contribution in [3.8, 4) is 0 Å². The molecule has 64 valence electrons. The molecule has 0 saturated heterocycles. The van der Waals surface area contributed by atoms with Crippen molar-refractivity contribution in [2.45, 2.75) is 13.3 Å². The van der Waals surface area contributed by atoms with Crippen molar-refractivity contribution in [2.75, 3.05) is 0 Å². The Morgan fingerprint density at radius 2 is 2.33 bits per heavy atom. The molecule has 0 aromatic carbocycles. The standard InChI is InChI=1S/C7H7BrN2O2/c1-2-6-9-4(7(11)12)3-5(8)10-6/h3H,2H2,1H3,(H,11,12). The van der Waals surface area contributed by atoms with E-state index in [-0.39, 0.29) is 5.69 Å². The number of carboxylic acid groups (broad SMARTS) is 1. The Labute approximate surface area is 77.8 Å². The van der Waals surface area contributed by atoms with Gasteiger partial charge in [-0.1, -0.05) is 6.92 Å². The van der Waals surface area contributed by atoms with Gasteiger partial charge < -0.3 is 5.11 Å². The van der Waals surface area contributed by atoms with Gasteiger partial charge in [0, 0.05) is 12.5 Å². The van der Waals surface area contributed by atoms with Crippen molar-refractivity contribution in [2.24, 2.45) is 0 Å². The smallest absolute Gasteiger partial charge is 0.354 e. The molecule has 12 heavy (non-hydrogen) atoms. The van der Waals surface area contributed by atoms with Gasteiger partial charge >= 0.3 is 5.97 Å². The summed E-state index contributed by atoms with van der Waals surface area (Å²) in [4.78, 5) is 18.3. The van der Waals surface area contributed by atoms with E-state index in [0.29, 0.717) is 16.8 Å². The minimum Gasteiger partial charge on any atom is -0.477 e. The quantitative estimate of drug-likeness (QED) is 0.783. The first-order valence-corrected chi connectivity index (χ1v) is 4.19. The number of nitrogens with zero attached hydrogens (tertiary/aromatic N) is 2. The van der Waals surface area contributed by atoms with Gasteiger partial charge in [-0.05, 0) is 15.9 Å². The van der Waals surface area contributed by atoms with Crippen LogP contribution in [0.15, 0.2) is 10.7 Å². The van der Waals surface area contributed by atoms with Gasteiger partial charge in [-0.15, -0.1) is 0 Å². The molecule has 0 aliphatic heterocycles. The third-order valence-electron chi connectivity index (χ3n) is 1.28. The zero-order valence-electron chi connectivity index (χ0n) is 6.41. The Morgan fingerprint density at radius 3 is 2.83 bits per heavy atom. The summed E-state index contributed by atoms with van der Waals surface area (Å²) in [7, 11) is 0. The molecule has 0 unspecified atom stereocenters. The lowest BCUT2D eigenvalue weighted by atomic mass is 10.4. The molecule has 5 heteroatoms. The van der Waals surface area contributed by atoms with Crippen LogP contribution in [0.25, 0.3) is 0 Å². The van der Waals surface area contributed by atoms with E-state index >= 15 is 0 Å². The number of rotatable bonds is 2. The average molecular weight is 231 g/mol. The number of aromatic nitrogens is 2. The Morgan fingerprint density at radius 1 is 1.67 bits per heavy atom. The highest BCUT2D eigenvalue weighted by molar-refractivity contribution is 9.10. The molecule has 1 aromatic heterocycles. The van der Waals surface area contributed by atoms with Gasteiger partial charge in [0.15, 0.2) is 5.69 Å². The maximum Gasteiger partial charge on any atom is 0.354 e. The maximum atomic E-state index is 10.5. The summed E-state index contributed by atoms with van der Waals surface area (Å²) in [5, 5.41) is 8.62. The summed E-state index contributed by atoms with van der Waals surface area (Å²) in [5.74, 6) is -0.505. The van der Waals surface area contributed by atoms with E-state index in [9.17, 15) is 4.79 Å². The van der Waals surface area contributed by atoms with Gasteiger partial charge in [0.05, 0.1) is 0 Å². The first kappa shape index (κ1) is 9.12. The van der Waals surface area contributed by atoms with Crippen LogP contribution in [-0.2, 0) is 6.42 Å². The van der Waals surface area contributed by atoms with Crippen LogP contribution >= 0.6 is 15.9 Å². The number of aryl methyl sites for hydroxylation is 1. The van der Waals surface area contributed by atoms with Crippen LogP contribution in [0.5, 0.6) is 0 Å². The number of halogens is 1. The third-order valence-corrected chi connectivity index (χ3v) is 1.68. The number of aromatic carboxylic acids is 1. The number of hydrogen-bond donors (Lipinski definition) is 1. The van der Waals surface area contributed by atoms with Gasteiger partial charge in [-0.2, -0.15) is 0 Å². The van der Waals surface area contributed by atoms with Crippen molar-refractivity contribution in [1.82, 2.24) is 9.97 Å². The second-order valence-corrected chi connectivity index (χ2v) is 2.96. The molecular formula is C7H7BrN2O2. The van der Waals surface area contributed by atoms with Gasteiger partial charge in [-0.25, -0.2) is 14.8 Å². The first-order valence-electron chi connectivity index (χ1n) is 3.40. The van der Waals surface area contributed by atoms with Gasteiger partial charge in [0.25, 0.3) is 0 Å². The minimum atomic E-state index is -1.03. The van der Waals surface area contributed by atoms with E-state index in [1.165, 1.54) is 6.07 Å². The van der Waals surface area contributed by atoms with Gasteiger partial charge in [-0.3, -0.25) is 0 Å². The van der Waals surface area contributed by atoms with Crippen molar-refractivity contribution in [3.63, 3.8) is 0 Å². The topological polar surface area (TPSA) is 63.1 Å². The van der Waals surface area contributed by atoms with Crippen LogP contribution in [0.4, 0.5) is 0 Å². The Balaban J connectivity index is 3.15. The molecule has 0 atom stereocenters. The summed E-state index contributed by atoms with van der Waals surface area (Å²) in [5.41, 5.74) is 0.0220. The molecule has 1 N–H and O–H groups in total. The number of hydrogen-bond acceptors (Lipinski definition) is 3. The maximum absolute atomic E-state index is 10.5. The number of carboxylic acids is 1. The van der Waals surface area contributed by atoms with Crippen molar-refractivity contribution in [1.29, 1.82) is 0 Å². The highest BCUT2D eigenvalue weighted by atomic mass is 79.9. The van der Waals surface area contributed by atoms with E-state index in [1.807, 2.05) is 6.92 Å². The van der Waals surface area contributed by atoms with E-state index in [0.717, 1.165) is 0 Å². The van der Waals surface area contributed by atoms with Crippen molar-refractivity contribution in [3.05, 3.63) is 22.2 Å². The molecule has 0 aliphatic carbocycles. The first-order chi connectivity index (χ1) is 5.63. The molecule has 0 spiro atoms. The molecule has 0 fully saturated rings. The zero-order valence-corrected chi connectivity index (χ0v) is 8.00. The Kier molecular flexibility index (Phi) is 2.75. The van der Waals surface area contributed by atoms with Crippen LogP contribution in [0.1, 0.15) is 23.2 Å². The second-order valence-electron chi connectivity index (χ2n) is 2.15. The van der Waals surface area contributed by atoms with Crippen LogP contribution < -0.4 is 0 Å². The monoisotopic (exact) mass is 230 g/mol. The molecule has 0 amide bonds. The zero-order chi connectivity index (χ0) is 9.14. The Bertz CT molecular complexity index is 314. The van der Waals surface area contributed by atoms with Gasteiger partial charge in [0.1, 0.15) is 10.4 Å². The molecule has 0 saturated carbocycles. The van der Waals surface area contributed by atoms with Gasteiger partial charge in [0.2, 0.25) is 0 Å². The fourth-order valence-corrected chi connectivity index (χ4v) is 1.15.